The third-order valence-electron chi connectivity index (χ3n) is 5.39. The molecule has 1 amide bonds. The average molecular weight is 397 g/mol. The van der Waals surface area contributed by atoms with Crippen LogP contribution >= 0.6 is 0 Å². The van der Waals surface area contributed by atoms with Gasteiger partial charge in [-0.25, -0.2) is 9.97 Å². The molecule has 4 rings (SSSR count). The predicted molar refractivity (Wildman–Crippen MR) is 116 cm³/mol. The molecule has 0 unspecified atom stereocenters. The average Bonchev–Trinajstić information content (AvgIpc) is 2.79. The molecule has 0 N–H and O–H groups in total. The zero-order valence-corrected chi connectivity index (χ0v) is 17.2. The lowest BCUT2D eigenvalue weighted by molar-refractivity contribution is 0.0663. The second kappa shape index (κ2) is 8.44. The van der Waals surface area contributed by atoms with Crippen LogP contribution in [0.5, 0.6) is 0 Å². The van der Waals surface area contributed by atoms with Gasteiger partial charge in [0, 0.05) is 37.3 Å². The van der Waals surface area contributed by atoms with E-state index in [-0.39, 0.29) is 5.91 Å². The minimum Gasteiger partial charge on any atom is -0.336 e. The second-order valence-electron chi connectivity index (χ2n) is 7.51. The number of likely N-dealkylation sites (N-methyl/N-ethyl adjacent to an activating group) is 1. The quantitative estimate of drug-likeness (QED) is 0.677. The standard InChI is InChI=1S/C24H23N5O/c1-17-21(24(30)29-13-11-28(2)12-14-29)22(20-10-6-7-18(15-20)16-25)27-23(26-17)19-8-4-3-5-9-19/h3-10,15H,11-14H2,1-2H3. The number of hydrogen-bond donors (Lipinski definition) is 0. The van der Waals surface area contributed by atoms with Gasteiger partial charge < -0.3 is 9.80 Å². The molecule has 1 saturated heterocycles. The highest BCUT2D eigenvalue weighted by Crippen LogP contribution is 2.29. The van der Waals surface area contributed by atoms with Crippen LogP contribution in [-0.2, 0) is 0 Å². The molecule has 1 aliphatic rings. The summed E-state index contributed by atoms with van der Waals surface area (Å²) in [6.07, 6.45) is 0. The van der Waals surface area contributed by atoms with E-state index in [9.17, 15) is 10.1 Å². The number of aryl methyl sites for hydroxylation is 1. The van der Waals surface area contributed by atoms with E-state index in [1.54, 1.807) is 12.1 Å². The molecule has 1 fully saturated rings. The first-order valence-electron chi connectivity index (χ1n) is 9.99. The molecule has 0 bridgehead atoms. The highest BCUT2D eigenvalue weighted by atomic mass is 16.2. The smallest absolute Gasteiger partial charge is 0.258 e. The SMILES string of the molecule is Cc1nc(-c2ccccc2)nc(-c2cccc(C#N)c2)c1C(=O)N1CCN(C)CC1. The summed E-state index contributed by atoms with van der Waals surface area (Å²) in [5.41, 5.74) is 3.89. The first kappa shape index (κ1) is 19.7. The number of hydrogen-bond acceptors (Lipinski definition) is 5. The fraction of sp³-hybridized carbons (Fsp3) is 0.250. The Bertz CT molecular complexity index is 1110. The van der Waals surface area contributed by atoms with Gasteiger partial charge in [0.1, 0.15) is 0 Å². The molecule has 0 atom stereocenters. The van der Waals surface area contributed by atoms with Crippen molar-refractivity contribution in [2.45, 2.75) is 6.92 Å². The Morgan fingerprint density at radius 3 is 2.37 bits per heavy atom. The van der Waals surface area contributed by atoms with Gasteiger partial charge in [-0.2, -0.15) is 5.26 Å². The van der Waals surface area contributed by atoms with E-state index < -0.39 is 0 Å². The van der Waals surface area contributed by atoms with Crippen molar-refractivity contribution in [3.63, 3.8) is 0 Å². The van der Waals surface area contributed by atoms with E-state index in [1.807, 2.05) is 54.3 Å². The van der Waals surface area contributed by atoms with Gasteiger partial charge in [0.25, 0.3) is 5.91 Å². The molecule has 0 radical (unpaired) electrons. The largest absolute Gasteiger partial charge is 0.336 e. The van der Waals surface area contributed by atoms with Crippen molar-refractivity contribution >= 4 is 5.91 Å². The lowest BCUT2D eigenvalue weighted by atomic mass is 10.0. The normalized spacial score (nSPS) is 14.4. The number of aromatic nitrogens is 2. The molecule has 2 aromatic carbocycles. The highest BCUT2D eigenvalue weighted by Gasteiger charge is 2.27. The van der Waals surface area contributed by atoms with Crippen LogP contribution in [0.25, 0.3) is 22.6 Å². The minimum atomic E-state index is -0.0578. The van der Waals surface area contributed by atoms with E-state index in [1.165, 1.54) is 0 Å². The number of benzene rings is 2. The van der Waals surface area contributed by atoms with Gasteiger partial charge >= 0.3 is 0 Å². The molecule has 2 heterocycles. The lowest BCUT2D eigenvalue weighted by Crippen LogP contribution is -2.47. The Morgan fingerprint density at radius 2 is 1.67 bits per heavy atom. The molecular formula is C24H23N5O. The van der Waals surface area contributed by atoms with Crippen molar-refractivity contribution < 1.29 is 4.79 Å². The molecule has 6 nitrogen and oxygen atoms in total. The molecule has 0 saturated carbocycles. The summed E-state index contributed by atoms with van der Waals surface area (Å²) in [5, 5.41) is 9.34. The number of carbonyl (C=O) groups excluding carboxylic acids is 1. The first-order chi connectivity index (χ1) is 14.6. The second-order valence-corrected chi connectivity index (χ2v) is 7.51. The van der Waals surface area contributed by atoms with Gasteiger partial charge in [-0.15, -0.1) is 0 Å². The predicted octanol–water partition coefficient (Wildman–Crippen LogP) is 3.38. The topological polar surface area (TPSA) is 73.1 Å². The molecule has 0 spiro atoms. The molecule has 6 heteroatoms. The summed E-state index contributed by atoms with van der Waals surface area (Å²) < 4.78 is 0. The minimum absolute atomic E-state index is 0.0578. The van der Waals surface area contributed by atoms with Crippen molar-refractivity contribution in [3.05, 3.63) is 71.4 Å². The molecule has 30 heavy (non-hydrogen) atoms. The van der Waals surface area contributed by atoms with Gasteiger partial charge in [-0.1, -0.05) is 42.5 Å². The summed E-state index contributed by atoms with van der Waals surface area (Å²) in [4.78, 5) is 27.0. The van der Waals surface area contributed by atoms with Gasteiger partial charge in [0.15, 0.2) is 5.82 Å². The molecule has 150 valence electrons. The van der Waals surface area contributed by atoms with Crippen molar-refractivity contribution in [3.8, 4) is 28.7 Å². The summed E-state index contributed by atoms with van der Waals surface area (Å²) in [6, 6.07) is 19.1. The summed E-state index contributed by atoms with van der Waals surface area (Å²) in [6.45, 7) is 4.88. The maximum atomic E-state index is 13.5. The van der Waals surface area contributed by atoms with Crippen molar-refractivity contribution in [1.29, 1.82) is 5.26 Å². The van der Waals surface area contributed by atoms with Crippen LogP contribution in [0.4, 0.5) is 0 Å². The number of nitriles is 1. The third kappa shape index (κ3) is 3.93. The molecule has 1 aliphatic heterocycles. The van der Waals surface area contributed by atoms with E-state index in [4.69, 9.17) is 4.98 Å². The van der Waals surface area contributed by atoms with Crippen molar-refractivity contribution in [2.24, 2.45) is 0 Å². The fourth-order valence-electron chi connectivity index (χ4n) is 3.66. The Labute approximate surface area is 176 Å². The van der Waals surface area contributed by atoms with Crippen LogP contribution in [0.3, 0.4) is 0 Å². The monoisotopic (exact) mass is 397 g/mol. The number of nitrogens with zero attached hydrogens (tertiary/aromatic N) is 5. The van der Waals surface area contributed by atoms with E-state index in [2.05, 4.69) is 23.0 Å². The maximum absolute atomic E-state index is 13.5. The maximum Gasteiger partial charge on any atom is 0.258 e. The number of piperazine rings is 1. The third-order valence-corrected chi connectivity index (χ3v) is 5.39. The summed E-state index contributed by atoms with van der Waals surface area (Å²) in [5.74, 6) is 0.512. The fourth-order valence-corrected chi connectivity index (χ4v) is 3.66. The lowest BCUT2D eigenvalue weighted by Gasteiger charge is -2.33. The van der Waals surface area contributed by atoms with Gasteiger partial charge in [0.2, 0.25) is 0 Å². The summed E-state index contributed by atoms with van der Waals surface area (Å²) in [7, 11) is 2.06. The zero-order valence-electron chi connectivity index (χ0n) is 17.2. The van der Waals surface area contributed by atoms with Crippen molar-refractivity contribution in [2.75, 3.05) is 33.2 Å². The van der Waals surface area contributed by atoms with Crippen LogP contribution in [0.15, 0.2) is 54.6 Å². The Balaban J connectivity index is 1.86. The Hall–Kier alpha value is -3.56. The van der Waals surface area contributed by atoms with Crippen molar-refractivity contribution in [1.82, 2.24) is 19.8 Å². The van der Waals surface area contributed by atoms with Crippen LogP contribution in [0.1, 0.15) is 21.6 Å². The molecule has 3 aromatic rings. The highest BCUT2D eigenvalue weighted by molar-refractivity contribution is 6.01. The number of rotatable bonds is 3. The number of carbonyl (C=O) groups is 1. The molecule has 1 aromatic heterocycles. The van der Waals surface area contributed by atoms with Crippen LogP contribution in [0, 0.1) is 18.3 Å². The van der Waals surface area contributed by atoms with Gasteiger partial charge in [-0.3, -0.25) is 4.79 Å². The van der Waals surface area contributed by atoms with E-state index in [0.29, 0.717) is 41.4 Å². The number of amides is 1. The van der Waals surface area contributed by atoms with Crippen LogP contribution in [-0.4, -0.2) is 58.9 Å². The van der Waals surface area contributed by atoms with Gasteiger partial charge in [-0.05, 0) is 26.1 Å². The Kier molecular flexibility index (Phi) is 5.55. The molecule has 0 aliphatic carbocycles. The first-order valence-corrected chi connectivity index (χ1v) is 9.99. The van der Waals surface area contributed by atoms with E-state index in [0.717, 1.165) is 24.2 Å². The zero-order chi connectivity index (χ0) is 21.1. The van der Waals surface area contributed by atoms with Crippen LogP contribution in [0.2, 0.25) is 0 Å². The Morgan fingerprint density at radius 1 is 0.967 bits per heavy atom. The van der Waals surface area contributed by atoms with Crippen LogP contribution < -0.4 is 0 Å². The molecular weight excluding hydrogens is 374 g/mol. The van der Waals surface area contributed by atoms with E-state index >= 15 is 0 Å². The van der Waals surface area contributed by atoms with Gasteiger partial charge in [0.05, 0.1) is 28.6 Å². The summed E-state index contributed by atoms with van der Waals surface area (Å²) >= 11 is 0.